The number of rotatable bonds is 5. The van der Waals surface area contributed by atoms with Gasteiger partial charge in [0, 0.05) is 6.07 Å². The molecule has 1 amide bonds. The van der Waals surface area contributed by atoms with E-state index in [1.165, 1.54) is 11.0 Å². The summed E-state index contributed by atoms with van der Waals surface area (Å²) >= 11 is 0. The topological polar surface area (TPSA) is 106 Å². The maximum Gasteiger partial charge on any atom is 0.259 e. The molecular formula is C16H18N6O2. The van der Waals surface area contributed by atoms with E-state index in [1.54, 1.807) is 18.2 Å². The molecule has 0 saturated heterocycles. The quantitative estimate of drug-likeness (QED) is 0.890. The van der Waals surface area contributed by atoms with E-state index in [2.05, 4.69) is 26.9 Å². The highest BCUT2D eigenvalue weighted by molar-refractivity contribution is 5.78. The predicted octanol–water partition coefficient (Wildman–Crippen LogP) is 1.38. The molecule has 124 valence electrons. The lowest BCUT2D eigenvalue weighted by atomic mass is 9.83. The lowest BCUT2D eigenvalue weighted by Gasteiger charge is -2.31. The second-order valence-electron chi connectivity index (χ2n) is 5.84. The number of carbonyl (C=O) groups excluding carboxylic acids is 1. The molecule has 1 saturated carbocycles. The molecule has 0 bridgehead atoms. The molecule has 0 atom stereocenters. The Kier molecular flexibility index (Phi) is 4.70. The van der Waals surface area contributed by atoms with Crippen LogP contribution in [0.2, 0.25) is 0 Å². The molecule has 2 aromatic rings. The van der Waals surface area contributed by atoms with Crippen molar-refractivity contribution in [1.29, 1.82) is 5.26 Å². The smallest absolute Gasteiger partial charge is 0.259 e. The number of ether oxygens (including phenoxy) is 1. The van der Waals surface area contributed by atoms with Crippen LogP contribution in [0.3, 0.4) is 0 Å². The van der Waals surface area contributed by atoms with E-state index in [-0.39, 0.29) is 12.5 Å². The molecule has 1 aromatic carbocycles. The summed E-state index contributed by atoms with van der Waals surface area (Å²) in [6, 6.07) is 9.38. The Morgan fingerprint density at radius 1 is 1.38 bits per heavy atom. The van der Waals surface area contributed by atoms with Crippen molar-refractivity contribution in [3.05, 3.63) is 30.6 Å². The van der Waals surface area contributed by atoms with Crippen molar-refractivity contribution in [2.75, 3.05) is 6.61 Å². The van der Waals surface area contributed by atoms with Crippen LogP contribution in [0.4, 0.5) is 0 Å². The summed E-state index contributed by atoms with van der Waals surface area (Å²) in [7, 11) is 0. The van der Waals surface area contributed by atoms with Crippen LogP contribution in [0.15, 0.2) is 30.6 Å². The maximum atomic E-state index is 12.1. The first-order valence-corrected chi connectivity index (χ1v) is 7.89. The van der Waals surface area contributed by atoms with Crippen LogP contribution in [-0.2, 0) is 4.79 Å². The molecule has 8 heteroatoms. The van der Waals surface area contributed by atoms with Crippen molar-refractivity contribution in [2.45, 2.75) is 37.6 Å². The van der Waals surface area contributed by atoms with Gasteiger partial charge in [0.1, 0.15) is 17.6 Å². The Labute approximate surface area is 139 Å². The van der Waals surface area contributed by atoms with Crippen molar-refractivity contribution in [3.63, 3.8) is 0 Å². The summed E-state index contributed by atoms with van der Waals surface area (Å²) in [4.78, 5) is 12.1. The number of nitrogens with zero attached hydrogens (tertiary/aromatic N) is 5. The zero-order chi connectivity index (χ0) is 16.8. The highest BCUT2D eigenvalue weighted by atomic mass is 16.5. The molecule has 24 heavy (non-hydrogen) atoms. The number of amides is 1. The van der Waals surface area contributed by atoms with Crippen molar-refractivity contribution in [1.82, 2.24) is 25.5 Å². The Hall–Kier alpha value is -2.95. The average molecular weight is 326 g/mol. The molecule has 0 radical (unpaired) electrons. The first-order valence-electron chi connectivity index (χ1n) is 7.89. The van der Waals surface area contributed by atoms with Crippen LogP contribution >= 0.6 is 0 Å². The van der Waals surface area contributed by atoms with Crippen LogP contribution < -0.4 is 10.1 Å². The van der Waals surface area contributed by atoms with Crippen LogP contribution in [0.25, 0.3) is 5.69 Å². The van der Waals surface area contributed by atoms with Gasteiger partial charge in [-0.05, 0) is 35.4 Å². The Morgan fingerprint density at radius 3 is 2.92 bits per heavy atom. The number of tetrazole rings is 1. The molecule has 0 unspecified atom stereocenters. The first-order chi connectivity index (χ1) is 11.7. The monoisotopic (exact) mass is 326 g/mol. The lowest BCUT2D eigenvalue weighted by Crippen LogP contribution is -2.50. The summed E-state index contributed by atoms with van der Waals surface area (Å²) in [6.07, 6.45) is 5.91. The summed E-state index contributed by atoms with van der Waals surface area (Å²) in [6.45, 7) is -0.136. The fraction of sp³-hybridized carbons (Fsp3) is 0.438. The van der Waals surface area contributed by atoms with E-state index in [4.69, 9.17) is 4.74 Å². The van der Waals surface area contributed by atoms with E-state index in [1.807, 2.05) is 6.07 Å². The van der Waals surface area contributed by atoms with Gasteiger partial charge in [0.05, 0.1) is 11.8 Å². The molecule has 8 nitrogen and oxygen atoms in total. The first kappa shape index (κ1) is 15.9. The summed E-state index contributed by atoms with van der Waals surface area (Å²) < 4.78 is 7.03. The Balaban J connectivity index is 1.58. The zero-order valence-electron chi connectivity index (χ0n) is 13.2. The minimum atomic E-state index is -0.743. The predicted molar refractivity (Wildman–Crippen MR) is 84.2 cm³/mol. The van der Waals surface area contributed by atoms with Crippen LogP contribution in [0, 0.1) is 11.3 Å². The normalized spacial score (nSPS) is 16.1. The third kappa shape index (κ3) is 3.68. The van der Waals surface area contributed by atoms with E-state index in [0.717, 1.165) is 24.9 Å². The second kappa shape index (κ2) is 7.08. The minimum Gasteiger partial charge on any atom is -0.484 e. The summed E-state index contributed by atoms with van der Waals surface area (Å²) in [5.74, 6) is 0.249. The molecule has 1 fully saturated rings. The number of carbonyl (C=O) groups is 1. The number of nitrogens with one attached hydrogen (secondary N) is 1. The fourth-order valence-corrected chi connectivity index (χ4v) is 2.87. The highest BCUT2D eigenvalue weighted by Crippen LogP contribution is 2.27. The van der Waals surface area contributed by atoms with Gasteiger partial charge in [-0.1, -0.05) is 25.3 Å². The van der Waals surface area contributed by atoms with Gasteiger partial charge in [0.2, 0.25) is 0 Å². The van der Waals surface area contributed by atoms with Crippen molar-refractivity contribution < 1.29 is 9.53 Å². The third-order valence-electron chi connectivity index (χ3n) is 4.10. The SMILES string of the molecule is N#CC1(NC(=O)COc2cccc(-n3cnnn3)c2)CCCCC1. The third-order valence-corrected chi connectivity index (χ3v) is 4.10. The van der Waals surface area contributed by atoms with Crippen molar-refractivity contribution >= 4 is 5.91 Å². The van der Waals surface area contributed by atoms with Gasteiger partial charge in [0.15, 0.2) is 6.61 Å². The van der Waals surface area contributed by atoms with Crippen molar-refractivity contribution in [3.8, 4) is 17.5 Å². The molecule has 0 aliphatic heterocycles. The zero-order valence-corrected chi connectivity index (χ0v) is 13.2. The van der Waals surface area contributed by atoms with Gasteiger partial charge in [-0.3, -0.25) is 4.79 Å². The van der Waals surface area contributed by atoms with Crippen LogP contribution in [0.1, 0.15) is 32.1 Å². The highest BCUT2D eigenvalue weighted by Gasteiger charge is 2.33. The molecular weight excluding hydrogens is 308 g/mol. The number of aromatic nitrogens is 4. The van der Waals surface area contributed by atoms with E-state index < -0.39 is 5.54 Å². The Bertz CT molecular complexity index is 731. The number of benzene rings is 1. The average Bonchev–Trinajstić information content (AvgIpc) is 3.16. The van der Waals surface area contributed by atoms with Gasteiger partial charge in [0.25, 0.3) is 5.91 Å². The number of hydrogen-bond donors (Lipinski definition) is 1. The lowest BCUT2D eigenvalue weighted by molar-refractivity contribution is -0.124. The molecule has 1 N–H and O–H groups in total. The van der Waals surface area contributed by atoms with Crippen LogP contribution in [-0.4, -0.2) is 38.3 Å². The standard InChI is InChI=1S/C16H18N6O2/c17-11-16(7-2-1-3-8-16)19-15(23)10-24-14-6-4-5-13(9-14)22-12-18-20-21-22/h4-6,9,12H,1-3,7-8,10H2,(H,19,23). The molecule has 1 heterocycles. The largest absolute Gasteiger partial charge is 0.484 e. The molecule has 1 aliphatic carbocycles. The number of nitriles is 1. The molecule has 1 aliphatic rings. The summed E-state index contributed by atoms with van der Waals surface area (Å²) in [5.41, 5.74) is -0.00822. The van der Waals surface area contributed by atoms with E-state index >= 15 is 0 Å². The van der Waals surface area contributed by atoms with Gasteiger partial charge < -0.3 is 10.1 Å². The van der Waals surface area contributed by atoms with E-state index in [9.17, 15) is 10.1 Å². The van der Waals surface area contributed by atoms with Crippen molar-refractivity contribution in [2.24, 2.45) is 0 Å². The molecule has 0 spiro atoms. The van der Waals surface area contributed by atoms with Gasteiger partial charge in [-0.2, -0.15) is 5.26 Å². The second-order valence-corrected chi connectivity index (χ2v) is 5.84. The molecule has 1 aromatic heterocycles. The minimum absolute atomic E-state index is 0.136. The van der Waals surface area contributed by atoms with E-state index in [0.29, 0.717) is 18.6 Å². The van der Waals surface area contributed by atoms with Gasteiger partial charge in [-0.25, -0.2) is 4.68 Å². The maximum absolute atomic E-state index is 12.1. The van der Waals surface area contributed by atoms with Gasteiger partial charge >= 0.3 is 0 Å². The van der Waals surface area contributed by atoms with Crippen LogP contribution in [0.5, 0.6) is 5.75 Å². The fourth-order valence-electron chi connectivity index (χ4n) is 2.87. The summed E-state index contributed by atoms with van der Waals surface area (Å²) in [5, 5.41) is 23.2. The molecule has 3 rings (SSSR count). The van der Waals surface area contributed by atoms with Gasteiger partial charge in [-0.15, -0.1) is 5.10 Å². The number of hydrogen-bond acceptors (Lipinski definition) is 6. The Morgan fingerprint density at radius 2 is 2.21 bits per heavy atom.